The van der Waals surface area contributed by atoms with Crippen LogP contribution in [0.4, 0.5) is 0 Å². The van der Waals surface area contributed by atoms with Crippen LogP contribution in [-0.2, 0) is 16.1 Å². The lowest BCUT2D eigenvalue weighted by Crippen LogP contribution is -2.40. The van der Waals surface area contributed by atoms with Crippen LogP contribution in [0.5, 0.6) is 5.75 Å². The lowest BCUT2D eigenvalue weighted by molar-refractivity contribution is -0.132. The van der Waals surface area contributed by atoms with E-state index in [0.717, 1.165) is 31.5 Å². The number of carbonyl (C=O) groups excluding carboxylic acids is 2. The van der Waals surface area contributed by atoms with Crippen molar-refractivity contribution in [1.29, 1.82) is 0 Å². The van der Waals surface area contributed by atoms with Crippen LogP contribution in [0.1, 0.15) is 18.4 Å². The molecule has 0 saturated carbocycles. The van der Waals surface area contributed by atoms with E-state index in [1.807, 2.05) is 12.1 Å². The van der Waals surface area contributed by atoms with E-state index in [1.165, 1.54) is 0 Å². The summed E-state index contributed by atoms with van der Waals surface area (Å²) in [6, 6.07) is 7.24. The van der Waals surface area contributed by atoms with Gasteiger partial charge < -0.3 is 20.7 Å². The van der Waals surface area contributed by atoms with Crippen LogP contribution in [0, 0.1) is 0 Å². The van der Waals surface area contributed by atoms with Gasteiger partial charge in [-0.2, -0.15) is 0 Å². The van der Waals surface area contributed by atoms with Crippen LogP contribution < -0.4 is 15.8 Å². The third-order valence-corrected chi connectivity index (χ3v) is 3.42. The molecule has 1 aromatic carbocycles. The van der Waals surface area contributed by atoms with Gasteiger partial charge in [0.1, 0.15) is 5.75 Å². The summed E-state index contributed by atoms with van der Waals surface area (Å²) < 4.78 is 5.35. The summed E-state index contributed by atoms with van der Waals surface area (Å²) in [6.45, 7) is 1.99. The van der Waals surface area contributed by atoms with Crippen LogP contribution in [-0.4, -0.2) is 43.0 Å². The van der Waals surface area contributed by atoms with Crippen molar-refractivity contribution in [2.24, 2.45) is 5.73 Å². The van der Waals surface area contributed by atoms with Gasteiger partial charge in [0.05, 0.1) is 6.54 Å². The Bertz CT molecular complexity index is 481. The average Bonchev–Trinajstić information content (AvgIpc) is 3.05. The molecule has 0 unspecified atom stereocenters. The Hall–Kier alpha value is -2.08. The second kappa shape index (κ2) is 7.64. The molecule has 1 saturated heterocycles. The Kier molecular flexibility index (Phi) is 5.57. The van der Waals surface area contributed by atoms with Crippen molar-refractivity contribution < 1.29 is 14.3 Å². The van der Waals surface area contributed by atoms with Gasteiger partial charge in [-0.3, -0.25) is 9.59 Å². The molecule has 0 aromatic heterocycles. The predicted molar refractivity (Wildman–Crippen MR) is 78.7 cm³/mol. The molecule has 114 valence electrons. The van der Waals surface area contributed by atoms with Gasteiger partial charge in [0, 0.05) is 19.6 Å². The van der Waals surface area contributed by atoms with E-state index in [1.54, 1.807) is 17.0 Å². The van der Waals surface area contributed by atoms with E-state index >= 15 is 0 Å². The minimum Gasteiger partial charge on any atom is -0.484 e. The van der Waals surface area contributed by atoms with Gasteiger partial charge in [-0.1, -0.05) is 12.1 Å². The normalized spacial score (nSPS) is 14.0. The van der Waals surface area contributed by atoms with Crippen molar-refractivity contribution in [3.8, 4) is 5.75 Å². The lowest BCUT2D eigenvalue weighted by Gasteiger charge is -2.15. The number of amides is 2. The van der Waals surface area contributed by atoms with Gasteiger partial charge in [-0.05, 0) is 30.5 Å². The Morgan fingerprint density at radius 1 is 1.19 bits per heavy atom. The number of nitrogens with zero attached hydrogens (tertiary/aromatic N) is 1. The molecular weight excluding hydrogens is 270 g/mol. The summed E-state index contributed by atoms with van der Waals surface area (Å²) in [7, 11) is 0. The number of nitrogens with one attached hydrogen (secondary N) is 1. The molecule has 1 aromatic rings. The van der Waals surface area contributed by atoms with Gasteiger partial charge in [-0.15, -0.1) is 0 Å². The Balaban J connectivity index is 1.67. The van der Waals surface area contributed by atoms with Crippen molar-refractivity contribution in [1.82, 2.24) is 10.2 Å². The molecular formula is C15H21N3O3. The second-order valence-electron chi connectivity index (χ2n) is 5.00. The van der Waals surface area contributed by atoms with Crippen LogP contribution >= 0.6 is 0 Å². The SMILES string of the molecule is NCc1ccc(OCC(=O)NCC(=O)N2CCCC2)cc1. The Morgan fingerprint density at radius 3 is 2.48 bits per heavy atom. The van der Waals surface area contributed by atoms with Gasteiger partial charge in [-0.25, -0.2) is 0 Å². The van der Waals surface area contributed by atoms with Gasteiger partial charge in [0.25, 0.3) is 5.91 Å². The zero-order valence-electron chi connectivity index (χ0n) is 12.0. The molecule has 2 amide bonds. The molecule has 6 heteroatoms. The van der Waals surface area contributed by atoms with E-state index in [4.69, 9.17) is 10.5 Å². The van der Waals surface area contributed by atoms with E-state index < -0.39 is 0 Å². The zero-order valence-corrected chi connectivity index (χ0v) is 12.0. The first-order valence-electron chi connectivity index (χ1n) is 7.15. The summed E-state index contributed by atoms with van der Waals surface area (Å²) in [4.78, 5) is 25.2. The molecule has 0 aliphatic carbocycles. The van der Waals surface area contributed by atoms with E-state index in [2.05, 4.69) is 5.32 Å². The number of carbonyl (C=O) groups is 2. The standard InChI is InChI=1S/C15H21N3O3/c16-9-12-3-5-13(6-4-12)21-11-14(19)17-10-15(20)18-7-1-2-8-18/h3-6H,1-2,7-11,16H2,(H,17,19). The van der Waals surface area contributed by atoms with Crippen LogP contribution in [0.3, 0.4) is 0 Å². The molecule has 0 atom stereocenters. The number of hydrogen-bond acceptors (Lipinski definition) is 4. The van der Waals surface area contributed by atoms with Crippen LogP contribution in [0.2, 0.25) is 0 Å². The number of rotatable bonds is 6. The van der Waals surface area contributed by atoms with Crippen LogP contribution in [0.25, 0.3) is 0 Å². The fraction of sp³-hybridized carbons (Fsp3) is 0.467. The minimum atomic E-state index is -0.301. The first-order chi connectivity index (χ1) is 10.2. The number of likely N-dealkylation sites (tertiary alicyclic amines) is 1. The molecule has 21 heavy (non-hydrogen) atoms. The molecule has 0 bridgehead atoms. The molecule has 1 fully saturated rings. The summed E-state index contributed by atoms with van der Waals surface area (Å²) in [5, 5.41) is 2.58. The maximum atomic E-state index is 11.8. The van der Waals surface area contributed by atoms with E-state index in [-0.39, 0.29) is 25.0 Å². The highest BCUT2D eigenvalue weighted by molar-refractivity contribution is 5.85. The molecule has 6 nitrogen and oxygen atoms in total. The van der Waals surface area contributed by atoms with Crippen molar-refractivity contribution in [2.45, 2.75) is 19.4 Å². The molecule has 3 N–H and O–H groups in total. The fourth-order valence-electron chi connectivity index (χ4n) is 2.17. The number of benzene rings is 1. The molecule has 0 spiro atoms. The molecule has 0 radical (unpaired) electrons. The number of nitrogens with two attached hydrogens (primary N) is 1. The van der Waals surface area contributed by atoms with Crippen LogP contribution in [0.15, 0.2) is 24.3 Å². The van der Waals surface area contributed by atoms with Crippen molar-refractivity contribution in [3.63, 3.8) is 0 Å². The first kappa shape index (κ1) is 15.3. The van der Waals surface area contributed by atoms with Gasteiger partial charge in [0.15, 0.2) is 6.61 Å². The monoisotopic (exact) mass is 291 g/mol. The highest BCUT2D eigenvalue weighted by Crippen LogP contribution is 2.11. The van der Waals surface area contributed by atoms with Crippen molar-refractivity contribution in [2.75, 3.05) is 26.2 Å². The van der Waals surface area contributed by atoms with Gasteiger partial charge >= 0.3 is 0 Å². The third-order valence-electron chi connectivity index (χ3n) is 3.42. The largest absolute Gasteiger partial charge is 0.484 e. The number of ether oxygens (including phenoxy) is 1. The van der Waals surface area contributed by atoms with E-state index in [9.17, 15) is 9.59 Å². The summed E-state index contributed by atoms with van der Waals surface area (Å²) >= 11 is 0. The number of hydrogen-bond donors (Lipinski definition) is 2. The lowest BCUT2D eigenvalue weighted by atomic mass is 10.2. The summed E-state index contributed by atoms with van der Waals surface area (Å²) in [5.41, 5.74) is 6.50. The maximum absolute atomic E-state index is 11.8. The molecule has 1 aliphatic rings. The van der Waals surface area contributed by atoms with E-state index in [0.29, 0.717) is 12.3 Å². The van der Waals surface area contributed by atoms with Gasteiger partial charge in [0.2, 0.25) is 5.91 Å². The first-order valence-corrected chi connectivity index (χ1v) is 7.15. The third kappa shape index (κ3) is 4.75. The minimum absolute atomic E-state index is 0.0341. The molecule has 1 heterocycles. The Morgan fingerprint density at radius 2 is 1.86 bits per heavy atom. The highest BCUT2D eigenvalue weighted by atomic mass is 16.5. The average molecular weight is 291 g/mol. The summed E-state index contributed by atoms with van der Waals surface area (Å²) in [5.74, 6) is 0.270. The predicted octanol–water partition coefficient (Wildman–Crippen LogP) is 0.263. The maximum Gasteiger partial charge on any atom is 0.258 e. The quantitative estimate of drug-likeness (QED) is 0.787. The second-order valence-corrected chi connectivity index (χ2v) is 5.00. The highest BCUT2D eigenvalue weighted by Gasteiger charge is 2.18. The molecule has 2 rings (SSSR count). The van der Waals surface area contributed by atoms with Crippen molar-refractivity contribution >= 4 is 11.8 Å². The smallest absolute Gasteiger partial charge is 0.258 e. The molecule has 1 aliphatic heterocycles. The topological polar surface area (TPSA) is 84.7 Å². The summed E-state index contributed by atoms with van der Waals surface area (Å²) in [6.07, 6.45) is 2.09. The zero-order chi connectivity index (χ0) is 15.1. The van der Waals surface area contributed by atoms with Crippen molar-refractivity contribution in [3.05, 3.63) is 29.8 Å². The Labute approximate surface area is 124 Å². The fourth-order valence-corrected chi connectivity index (χ4v) is 2.17.